The van der Waals surface area contributed by atoms with Crippen molar-refractivity contribution in [1.29, 1.82) is 0 Å². The van der Waals surface area contributed by atoms with Crippen LogP contribution in [-0.2, 0) is 12.8 Å². The molecule has 0 aromatic carbocycles. The maximum Gasteiger partial charge on any atom is 0.228 e. The Balaban J connectivity index is 2.57. The fourth-order valence-corrected chi connectivity index (χ4v) is 2.38. The zero-order valence-electron chi connectivity index (χ0n) is 14.6. The van der Waals surface area contributed by atoms with Gasteiger partial charge in [-0.3, -0.25) is 0 Å². The largest absolute Gasteiger partial charge is 0.339 e. The van der Waals surface area contributed by atoms with E-state index < -0.39 is 0 Å². The SMILES string of the molecule is CCNC(Cc1nc(CCN(CC)CC)no1)C(C)(C)C. The van der Waals surface area contributed by atoms with Gasteiger partial charge in [0.1, 0.15) is 0 Å². The van der Waals surface area contributed by atoms with E-state index in [1.165, 1.54) is 0 Å². The first-order valence-corrected chi connectivity index (χ1v) is 8.17. The van der Waals surface area contributed by atoms with E-state index in [1.54, 1.807) is 0 Å². The highest BCUT2D eigenvalue weighted by Gasteiger charge is 2.26. The summed E-state index contributed by atoms with van der Waals surface area (Å²) in [4.78, 5) is 6.91. The van der Waals surface area contributed by atoms with Crippen molar-refractivity contribution in [1.82, 2.24) is 20.4 Å². The minimum Gasteiger partial charge on any atom is -0.339 e. The predicted octanol–water partition coefficient (Wildman–Crippen LogP) is 2.52. The normalized spacial score (nSPS) is 13.9. The van der Waals surface area contributed by atoms with Crippen LogP contribution in [0.3, 0.4) is 0 Å². The molecule has 1 atom stereocenters. The zero-order chi connectivity index (χ0) is 15.9. The third-order valence-corrected chi connectivity index (χ3v) is 3.93. The summed E-state index contributed by atoms with van der Waals surface area (Å²) in [6.45, 7) is 17.2. The number of likely N-dealkylation sites (N-methyl/N-ethyl adjacent to an activating group) is 2. The molecule has 1 aromatic heterocycles. The van der Waals surface area contributed by atoms with Crippen LogP contribution < -0.4 is 5.32 Å². The first-order chi connectivity index (χ1) is 9.90. The summed E-state index contributed by atoms with van der Waals surface area (Å²) in [5.74, 6) is 1.56. The second-order valence-electron chi connectivity index (χ2n) is 6.56. The second-order valence-corrected chi connectivity index (χ2v) is 6.56. The number of nitrogens with one attached hydrogen (secondary N) is 1. The average Bonchev–Trinajstić information content (AvgIpc) is 2.86. The average molecular weight is 296 g/mol. The maximum atomic E-state index is 5.42. The molecule has 0 saturated heterocycles. The lowest BCUT2D eigenvalue weighted by atomic mass is 9.84. The van der Waals surface area contributed by atoms with E-state index in [9.17, 15) is 0 Å². The molecule has 5 heteroatoms. The topological polar surface area (TPSA) is 54.2 Å². The van der Waals surface area contributed by atoms with Gasteiger partial charge in [0.05, 0.1) is 0 Å². The Kier molecular flexibility index (Phi) is 7.32. The van der Waals surface area contributed by atoms with Crippen molar-refractivity contribution in [2.24, 2.45) is 5.41 Å². The van der Waals surface area contributed by atoms with Gasteiger partial charge < -0.3 is 14.7 Å². The molecule has 0 spiro atoms. The van der Waals surface area contributed by atoms with E-state index in [0.29, 0.717) is 6.04 Å². The lowest BCUT2D eigenvalue weighted by Crippen LogP contribution is -2.41. The van der Waals surface area contributed by atoms with Gasteiger partial charge in [-0.05, 0) is 25.0 Å². The highest BCUT2D eigenvalue weighted by molar-refractivity contribution is 4.93. The van der Waals surface area contributed by atoms with E-state index in [1.807, 2.05) is 0 Å². The Morgan fingerprint density at radius 3 is 2.38 bits per heavy atom. The molecular formula is C16H32N4O. The third kappa shape index (κ3) is 6.14. The lowest BCUT2D eigenvalue weighted by molar-refractivity contribution is 0.247. The van der Waals surface area contributed by atoms with Crippen LogP contribution in [0.2, 0.25) is 0 Å². The molecule has 0 saturated carbocycles. The summed E-state index contributed by atoms with van der Waals surface area (Å²) < 4.78 is 5.42. The van der Waals surface area contributed by atoms with E-state index in [4.69, 9.17) is 4.52 Å². The van der Waals surface area contributed by atoms with Crippen molar-refractivity contribution in [3.63, 3.8) is 0 Å². The quantitative estimate of drug-likeness (QED) is 0.759. The van der Waals surface area contributed by atoms with Gasteiger partial charge in [-0.1, -0.05) is 46.7 Å². The first kappa shape index (κ1) is 18.1. The highest BCUT2D eigenvalue weighted by Crippen LogP contribution is 2.22. The summed E-state index contributed by atoms with van der Waals surface area (Å²) in [7, 11) is 0. The molecule has 1 rings (SSSR count). The van der Waals surface area contributed by atoms with Gasteiger partial charge in [0.2, 0.25) is 5.89 Å². The Morgan fingerprint density at radius 2 is 1.86 bits per heavy atom. The van der Waals surface area contributed by atoms with Crippen LogP contribution in [0.1, 0.15) is 53.3 Å². The van der Waals surface area contributed by atoms with Gasteiger partial charge >= 0.3 is 0 Å². The van der Waals surface area contributed by atoms with Gasteiger partial charge in [0, 0.05) is 25.4 Å². The molecule has 0 radical (unpaired) electrons. The Morgan fingerprint density at radius 1 is 1.19 bits per heavy atom. The number of rotatable bonds is 9. The monoisotopic (exact) mass is 296 g/mol. The molecule has 1 N–H and O–H groups in total. The van der Waals surface area contributed by atoms with Crippen LogP contribution in [0.5, 0.6) is 0 Å². The van der Waals surface area contributed by atoms with Crippen LogP contribution in [0.4, 0.5) is 0 Å². The summed E-state index contributed by atoms with van der Waals surface area (Å²) in [5, 5.41) is 7.62. The van der Waals surface area contributed by atoms with E-state index >= 15 is 0 Å². The van der Waals surface area contributed by atoms with Crippen LogP contribution >= 0.6 is 0 Å². The van der Waals surface area contributed by atoms with Crippen molar-refractivity contribution < 1.29 is 4.52 Å². The standard InChI is InChI=1S/C16H32N4O/c1-7-17-13(16(4,5)6)12-15-18-14(19-21-15)10-11-20(8-2)9-3/h13,17H,7-12H2,1-6H3. The van der Waals surface area contributed by atoms with Gasteiger partial charge in [-0.2, -0.15) is 4.98 Å². The van der Waals surface area contributed by atoms with Gasteiger partial charge in [-0.15, -0.1) is 0 Å². The Hall–Kier alpha value is -0.940. The van der Waals surface area contributed by atoms with E-state index in [2.05, 4.69) is 61.9 Å². The van der Waals surface area contributed by atoms with Crippen LogP contribution in [0.15, 0.2) is 4.52 Å². The molecule has 21 heavy (non-hydrogen) atoms. The van der Waals surface area contributed by atoms with Gasteiger partial charge in [-0.25, -0.2) is 0 Å². The molecule has 0 aliphatic carbocycles. The van der Waals surface area contributed by atoms with Crippen molar-refractivity contribution >= 4 is 0 Å². The molecule has 0 bridgehead atoms. The number of hydrogen-bond acceptors (Lipinski definition) is 5. The highest BCUT2D eigenvalue weighted by atomic mass is 16.5. The van der Waals surface area contributed by atoms with E-state index in [0.717, 1.165) is 50.7 Å². The summed E-state index contributed by atoms with van der Waals surface area (Å²) in [6.07, 6.45) is 1.64. The molecule has 1 heterocycles. The molecule has 122 valence electrons. The molecule has 5 nitrogen and oxygen atoms in total. The number of hydrogen-bond donors (Lipinski definition) is 1. The van der Waals surface area contributed by atoms with Crippen LogP contribution in [0.25, 0.3) is 0 Å². The fraction of sp³-hybridized carbons (Fsp3) is 0.875. The van der Waals surface area contributed by atoms with Crippen molar-refractivity contribution in [3.05, 3.63) is 11.7 Å². The predicted molar refractivity (Wildman–Crippen MR) is 86.4 cm³/mol. The van der Waals surface area contributed by atoms with Gasteiger partial charge in [0.15, 0.2) is 5.82 Å². The molecule has 1 aromatic rings. The molecule has 1 unspecified atom stereocenters. The zero-order valence-corrected chi connectivity index (χ0v) is 14.6. The molecule has 0 amide bonds. The second kappa shape index (κ2) is 8.49. The fourth-order valence-electron chi connectivity index (χ4n) is 2.38. The smallest absolute Gasteiger partial charge is 0.228 e. The molecule has 0 aliphatic rings. The lowest BCUT2D eigenvalue weighted by Gasteiger charge is -2.30. The van der Waals surface area contributed by atoms with Crippen LogP contribution in [-0.4, -0.2) is 47.3 Å². The molecule has 0 aliphatic heterocycles. The molecular weight excluding hydrogens is 264 g/mol. The molecule has 0 fully saturated rings. The maximum absolute atomic E-state index is 5.42. The first-order valence-electron chi connectivity index (χ1n) is 8.17. The van der Waals surface area contributed by atoms with Crippen molar-refractivity contribution in [2.75, 3.05) is 26.2 Å². The van der Waals surface area contributed by atoms with Crippen molar-refractivity contribution in [3.8, 4) is 0 Å². The third-order valence-electron chi connectivity index (χ3n) is 3.93. The summed E-state index contributed by atoms with van der Waals surface area (Å²) in [5.41, 5.74) is 0.172. The Bertz CT molecular complexity index is 393. The Labute approximate surface area is 129 Å². The van der Waals surface area contributed by atoms with E-state index in [-0.39, 0.29) is 5.41 Å². The minimum absolute atomic E-state index is 0.172. The van der Waals surface area contributed by atoms with Crippen LogP contribution in [0, 0.1) is 5.41 Å². The summed E-state index contributed by atoms with van der Waals surface area (Å²) >= 11 is 0. The van der Waals surface area contributed by atoms with Crippen molar-refractivity contribution in [2.45, 2.75) is 60.4 Å². The number of nitrogens with zero attached hydrogens (tertiary/aromatic N) is 3. The van der Waals surface area contributed by atoms with Gasteiger partial charge in [0.25, 0.3) is 0 Å². The number of aromatic nitrogens is 2. The summed E-state index contributed by atoms with van der Waals surface area (Å²) in [6, 6.07) is 0.346. The minimum atomic E-state index is 0.172.